The Bertz CT molecular complexity index is 601. The van der Waals surface area contributed by atoms with Gasteiger partial charge in [0.2, 0.25) is 0 Å². The average Bonchev–Trinajstić information content (AvgIpc) is 2.49. The summed E-state index contributed by atoms with van der Waals surface area (Å²) in [7, 11) is 0. The Balaban J connectivity index is 2.31. The van der Waals surface area contributed by atoms with Crippen LogP contribution in [0.2, 0.25) is 0 Å². The van der Waals surface area contributed by atoms with Crippen LogP contribution in [0, 0.1) is 0 Å². The van der Waals surface area contributed by atoms with Crippen molar-refractivity contribution in [2.75, 3.05) is 0 Å². The molecule has 0 saturated carbocycles. The maximum atomic E-state index is 3.86. The third kappa shape index (κ3) is 4.10. The predicted molar refractivity (Wildman–Crippen MR) is 89.3 cm³/mol. The lowest BCUT2D eigenvalue weighted by atomic mass is 9.99. The molecule has 100 valence electrons. The fourth-order valence-corrected chi connectivity index (χ4v) is 2.13. The zero-order chi connectivity index (χ0) is 14.2. The molecule has 0 aliphatic heterocycles. The zero-order valence-corrected chi connectivity index (χ0v) is 11.9. The van der Waals surface area contributed by atoms with Crippen LogP contribution in [0.5, 0.6) is 0 Å². The number of hydrogen-bond acceptors (Lipinski definition) is 0. The molecule has 0 atom stereocenters. The van der Waals surface area contributed by atoms with Gasteiger partial charge < -0.3 is 0 Å². The highest BCUT2D eigenvalue weighted by atomic mass is 14.0. The van der Waals surface area contributed by atoms with E-state index in [1.165, 1.54) is 22.3 Å². The first-order chi connectivity index (χ1) is 9.79. The van der Waals surface area contributed by atoms with Crippen molar-refractivity contribution in [3.8, 4) is 0 Å². The predicted octanol–water partition coefficient (Wildman–Crippen LogP) is 5.75. The topological polar surface area (TPSA) is 0 Å². The highest BCUT2D eigenvalue weighted by Crippen LogP contribution is 2.20. The molecule has 2 aromatic carbocycles. The lowest BCUT2D eigenvalue weighted by molar-refractivity contribution is 1.24. The van der Waals surface area contributed by atoms with Crippen LogP contribution in [0.15, 0.2) is 84.5 Å². The minimum absolute atomic E-state index is 0.879. The molecular formula is C20H20. The van der Waals surface area contributed by atoms with Crippen molar-refractivity contribution < 1.29 is 0 Å². The molecule has 2 rings (SSSR count). The fourth-order valence-electron chi connectivity index (χ4n) is 2.13. The summed E-state index contributed by atoms with van der Waals surface area (Å²) in [6.07, 6.45) is 7.29. The molecule has 0 nitrogen and oxygen atoms in total. The molecule has 0 fully saturated rings. The molecular weight excluding hydrogens is 240 g/mol. The molecule has 0 amide bonds. The van der Waals surface area contributed by atoms with Gasteiger partial charge in [-0.25, -0.2) is 0 Å². The zero-order valence-electron chi connectivity index (χ0n) is 11.9. The Morgan fingerprint density at radius 2 is 1.35 bits per heavy atom. The van der Waals surface area contributed by atoms with Crippen LogP contribution in [-0.2, 0) is 0 Å². The smallest absolute Gasteiger partial charge is 0.00973 e. The Morgan fingerprint density at radius 3 is 1.85 bits per heavy atom. The summed E-state index contributed by atoms with van der Waals surface area (Å²) in [6.45, 7) is 6.02. The van der Waals surface area contributed by atoms with Gasteiger partial charge in [0.1, 0.15) is 0 Å². The van der Waals surface area contributed by atoms with Crippen molar-refractivity contribution in [1.82, 2.24) is 0 Å². The van der Waals surface area contributed by atoms with E-state index in [4.69, 9.17) is 0 Å². The first-order valence-electron chi connectivity index (χ1n) is 6.90. The molecule has 0 aliphatic rings. The SMILES string of the molecule is C=CCC(=C/c1ccccc1)/C(C)=C/c1ccccc1. The van der Waals surface area contributed by atoms with E-state index in [-0.39, 0.29) is 0 Å². The third-order valence-electron chi connectivity index (χ3n) is 3.19. The molecule has 0 aliphatic carbocycles. The lowest BCUT2D eigenvalue weighted by Crippen LogP contribution is -1.86. The molecule has 2 aromatic rings. The second-order valence-electron chi connectivity index (χ2n) is 4.81. The van der Waals surface area contributed by atoms with Crippen LogP contribution < -0.4 is 0 Å². The van der Waals surface area contributed by atoms with Crippen molar-refractivity contribution in [3.63, 3.8) is 0 Å². The molecule has 0 heterocycles. The van der Waals surface area contributed by atoms with Crippen molar-refractivity contribution in [3.05, 3.63) is 95.6 Å². The molecule has 0 radical (unpaired) electrons. The van der Waals surface area contributed by atoms with E-state index in [9.17, 15) is 0 Å². The van der Waals surface area contributed by atoms with E-state index in [0.717, 1.165) is 6.42 Å². The number of benzene rings is 2. The van der Waals surface area contributed by atoms with Crippen molar-refractivity contribution in [2.45, 2.75) is 13.3 Å². The lowest BCUT2D eigenvalue weighted by Gasteiger charge is -2.07. The summed E-state index contributed by atoms with van der Waals surface area (Å²) >= 11 is 0. The molecule has 0 N–H and O–H groups in total. The molecule has 0 unspecified atom stereocenters. The Hall–Kier alpha value is -2.34. The maximum absolute atomic E-state index is 3.86. The standard InChI is InChI=1S/C20H20/c1-3-10-20(16-19-13-8-5-9-14-19)17(2)15-18-11-6-4-7-12-18/h3-9,11-16H,1,10H2,2H3/b17-15+,20-16-. The summed E-state index contributed by atoms with van der Waals surface area (Å²) in [5.41, 5.74) is 5.04. The number of rotatable bonds is 5. The van der Waals surface area contributed by atoms with Crippen LogP contribution in [0.25, 0.3) is 12.2 Å². The quantitative estimate of drug-likeness (QED) is 0.474. The minimum atomic E-state index is 0.879. The fraction of sp³-hybridized carbons (Fsp3) is 0.100. The summed E-state index contributed by atoms with van der Waals surface area (Å²) in [5, 5.41) is 0. The summed E-state index contributed by atoms with van der Waals surface area (Å²) in [6, 6.07) is 20.8. The van der Waals surface area contributed by atoms with Gasteiger partial charge in [0.15, 0.2) is 0 Å². The van der Waals surface area contributed by atoms with Gasteiger partial charge in [0.25, 0.3) is 0 Å². The van der Waals surface area contributed by atoms with Crippen LogP contribution >= 0.6 is 0 Å². The van der Waals surface area contributed by atoms with Crippen LogP contribution in [0.3, 0.4) is 0 Å². The third-order valence-corrected chi connectivity index (χ3v) is 3.19. The Kier molecular flexibility index (Phi) is 5.14. The van der Waals surface area contributed by atoms with E-state index < -0.39 is 0 Å². The molecule has 20 heavy (non-hydrogen) atoms. The largest absolute Gasteiger partial charge is 0.103 e. The highest BCUT2D eigenvalue weighted by molar-refractivity contribution is 5.65. The van der Waals surface area contributed by atoms with E-state index >= 15 is 0 Å². The van der Waals surface area contributed by atoms with Gasteiger partial charge in [-0.15, -0.1) is 6.58 Å². The Morgan fingerprint density at radius 1 is 0.850 bits per heavy atom. The van der Waals surface area contributed by atoms with Crippen molar-refractivity contribution in [1.29, 1.82) is 0 Å². The number of hydrogen-bond donors (Lipinski definition) is 0. The van der Waals surface area contributed by atoms with Gasteiger partial charge in [-0.3, -0.25) is 0 Å². The summed E-state index contributed by atoms with van der Waals surface area (Å²) in [5.74, 6) is 0. The minimum Gasteiger partial charge on any atom is -0.103 e. The molecule has 0 saturated heterocycles. The van der Waals surface area contributed by atoms with Gasteiger partial charge in [0, 0.05) is 0 Å². The van der Waals surface area contributed by atoms with E-state index in [2.05, 4.69) is 74.2 Å². The van der Waals surface area contributed by atoms with Gasteiger partial charge in [-0.2, -0.15) is 0 Å². The Labute approximate surface area is 121 Å². The van der Waals surface area contributed by atoms with Gasteiger partial charge in [0.05, 0.1) is 0 Å². The van der Waals surface area contributed by atoms with E-state index in [1.807, 2.05) is 18.2 Å². The monoisotopic (exact) mass is 260 g/mol. The van der Waals surface area contributed by atoms with Crippen molar-refractivity contribution >= 4 is 12.2 Å². The van der Waals surface area contributed by atoms with Crippen LogP contribution in [0.1, 0.15) is 24.5 Å². The molecule has 0 spiro atoms. The number of allylic oxidation sites excluding steroid dienone is 3. The molecule has 0 bridgehead atoms. The first-order valence-corrected chi connectivity index (χ1v) is 6.90. The second-order valence-corrected chi connectivity index (χ2v) is 4.81. The highest BCUT2D eigenvalue weighted by Gasteiger charge is 1.99. The van der Waals surface area contributed by atoms with Gasteiger partial charge in [-0.1, -0.05) is 78.9 Å². The summed E-state index contributed by atoms with van der Waals surface area (Å²) in [4.78, 5) is 0. The van der Waals surface area contributed by atoms with Gasteiger partial charge in [-0.05, 0) is 35.6 Å². The van der Waals surface area contributed by atoms with Crippen LogP contribution in [-0.4, -0.2) is 0 Å². The van der Waals surface area contributed by atoms with E-state index in [0.29, 0.717) is 0 Å². The summed E-state index contributed by atoms with van der Waals surface area (Å²) < 4.78 is 0. The average molecular weight is 260 g/mol. The van der Waals surface area contributed by atoms with Crippen molar-refractivity contribution in [2.24, 2.45) is 0 Å². The van der Waals surface area contributed by atoms with Crippen LogP contribution in [0.4, 0.5) is 0 Å². The van der Waals surface area contributed by atoms with Gasteiger partial charge >= 0.3 is 0 Å². The molecule has 0 aromatic heterocycles. The normalized spacial score (nSPS) is 12.2. The second kappa shape index (κ2) is 7.30. The maximum Gasteiger partial charge on any atom is -0.00973 e. The molecule has 0 heteroatoms. The first kappa shape index (κ1) is 14.1. The van der Waals surface area contributed by atoms with E-state index in [1.54, 1.807) is 0 Å².